The highest BCUT2D eigenvalue weighted by Crippen LogP contribution is 2.14. The van der Waals surface area contributed by atoms with Crippen molar-refractivity contribution in [2.75, 3.05) is 5.73 Å². The van der Waals surface area contributed by atoms with Crippen molar-refractivity contribution >= 4 is 22.7 Å². The van der Waals surface area contributed by atoms with Gasteiger partial charge in [0.15, 0.2) is 0 Å². The van der Waals surface area contributed by atoms with Crippen molar-refractivity contribution in [2.24, 2.45) is 0 Å². The summed E-state index contributed by atoms with van der Waals surface area (Å²) >= 11 is 0. The van der Waals surface area contributed by atoms with Crippen molar-refractivity contribution in [3.05, 3.63) is 35.9 Å². The number of nitrogens with zero attached hydrogens (tertiary/aromatic N) is 1. The van der Waals surface area contributed by atoms with E-state index in [1.165, 1.54) is 12.1 Å². The maximum absolute atomic E-state index is 10.7. The Morgan fingerprint density at radius 1 is 1.50 bits per heavy atom. The SMILES string of the molecule is Nc1ccc2[c]cc(C(=O)O)cc2n1. The summed E-state index contributed by atoms with van der Waals surface area (Å²) in [7, 11) is 0. The van der Waals surface area contributed by atoms with Gasteiger partial charge in [-0.2, -0.15) is 0 Å². The molecule has 69 valence electrons. The normalized spacial score (nSPS) is 10.3. The number of fused-ring (bicyclic) bond motifs is 1. The third-order valence-corrected chi connectivity index (χ3v) is 1.87. The third kappa shape index (κ3) is 1.37. The molecule has 1 heterocycles. The van der Waals surface area contributed by atoms with Crippen molar-refractivity contribution in [2.45, 2.75) is 0 Å². The average Bonchev–Trinajstić information content (AvgIpc) is 2.16. The minimum Gasteiger partial charge on any atom is -0.478 e. The van der Waals surface area contributed by atoms with E-state index in [0.717, 1.165) is 5.39 Å². The lowest BCUT2D eigenvalue weighted by atomic mass is 10.1. The molecule has 1 aromatic carbocycles. The molecule has 4 heteroatoms. The molecule has 0 unspecified atom stereocenters. The van der Waals surface area contributed by atoms with Crippen molar-refractivity contribution in [3.8, 4) is 0 Å². The van der Waals surface area contributed by atoms with Gasteiger partial charge in [-0.05, 0) is 30.3 Å². The average molecular weight is 187 g/mol. The molecule has 0 atom stereocenters. The van der Waals surface area contributed by atoms with Crippen LogP contribution in [0, 0.1) is 6.07 Å². The van der Waals surface area contributed by atoms with Gasteiger partial charge < -0.3 is 10.8 Å². The zero-order valence-corrected chi connectivity index (χ0v) is 7.19. The molecule has 0 aliphatic rings. The molecule has 0 amide bonds. The van der Waals surface area contributed by atoms with Gasteiger partial charge in [0.2, 0.25) is 0 Å². The van der Waals surface area contributed by atoms with E-state index in [9.17, 15) is 4.79 Å². The Kier molecular flexibility index (Phi) is 1.81. The van der Waals surface area contributed by atoms with Gasteiger partial charge >= 0.3 is 5.97 Å². The highest BCUT2D eigenvalue weighted by molar-refractivity contribution is 5.93. The Morgan fingerprint density at radius 3 is 3.00 bits per heavy atom. The maximum atomic E-state index is 10.7. The maximum Gasteiger partial charge on any atom is 0.335 e. The molecule has 0 fully saturated rings. The molecule has 14 heavy (non-hydrogen) atoms. The molecule has 1 radical (unpaired) electrons. The Morgan fingerprint density at radius 2 is 2.29 bits per heavy atom. The lowest BCUT2D eigenvalue weighted by Crippen LogP contribution is -1.97. The number of anilines is 1. The zero-order valence-electron chi connectivity index (χ0n) is 7.19. The molecule has 0 bridgehead atoms. The van der Waals surface area contributed by atoms with Crippen LogP contribution in [0.3, 0.4) is 0 Å². The first-order chi connectivity index (χ1) is 6.66. The number of benzene rings is 1. The molecular weight excluding hydrogens is 180 g/mol. The molecule has 0 spiro atoms. The summed E-state index contributed by atoms with van der Waals surface area (Å²) in [5.41, 5.74) is 6.19. The second-order valence-electron chi connectivity index (χ2n) is 2.86. The summed E-state index contributed by atoms with van der Waals surface area (Å²) < 4.78 is 0. The Bertz CT molecular complexity index is 508. The fraction of sp³-hybridized carbons (Fsp3) is 0. The van der Waals surface area contributed by atoms with Crippen LogP contribution in [0.1, 0.15) is 10.4 Å². The predicted molar refractivity (Wildman–Crippen MR) is 52.0 cm³/mol. The number of rotatable bonds is 1. The minimum atomic E-state index is -0.993. The van der Waals surface area contributed by atoms with Crippen LogP contribution in [0.2, 0.25) is 0 Å². The number of aromatic nitrogens is 1. The molecule has 0 aliphatic heterocycles. The Balaban J connectivity index is 2.69. The number of nitrogen functional groups attached to an aromatic ring is 1. The Hall–Kier alpha value is -2.10. The third-order valence-electron chi connectivity index (χ3n) is 1.87. The summed E-state index contributed by atoms with van der Waals surface area (Å²) in [6.45, 7) is 0. The topological polar surface area (TPSA) is 76.2 Å². The first-order valence-electron chi connectivity index (χ1n) is 3.98. The lowest BCUT2D eigenvalue weighted by molar-refractivity contribution is 0.0697. The molecule has 2 aromatic rings. The molecule has 3 N–H and O–H groups in total. The van der Waals surface area contributed by atoms with Crippen LogP contribution < -0.4 is 5.73 Å². The molecule has 1 aromatic heterocycles. The monoisotopic (exact) mass is 187 g/mol. The van der Waals surface area contributed by atoms with Crippen LogP contribution in [-0.4, -0.2) is 16.1 Å². The van der Waals surface area contributed by atoms with Crippen LogP contribution in [-0.2, 0) is 0 Å². The largest absolute Gasteiger partial charge is 0.478 e. The fourth-order valence-corrected chi connectivity index (χ4v) is 1.19. The van der Waals surface area contributed by atoms with E-state index in [2.05, 4.69) is 11.1 Å². The zero-order chi connectivity index (χ0) is 10.1. The van der Waals surface area contributed by atoms with Gasteiger partial charge in [-0.15, -0.1) is 0 Å². The highest BCUT2D eigenvalue weighted by Gasteiger charge is 2.04. The number of carbonyl (C=O) groups is 1. The van der Waals surface area contributed by atoms with Crippen LogP contribution >= 0.6 is 0 Å². The smallest absolute Gasteiger partial charge is 0.335 e. The van der Waals surface area contributed by atoms with E-state index in [1.807, 2.05) is 0 Å². The second-order valence-corrected chi connectivity index (χ2v) is 2.86. The van der Waals surface area contributed by atoms with E-state index in [0.29, 0.717) is 11.3 Å². The number of pyridine rings is 1. The predicted octanol–water partition coefficient (Wildman–Crippen LogP) is 1.32. The van der Waals surface area contributed by atoms with E-state index >= 15 is 0 Å². The molecule has 4 nitrogen and oxygen atoms in total. The molecule has 0 saturated carbocycles. The van der Waals surface area contributed by atoms with Gasteiger partial charge in [0.05, 0.1) is 11.1 Å². The van der Waals surface area contributed by atoms with Gasteiger partial charge in [-0.1, -0.05) is 0 Å². The first-order valence-corrected chi connectivity index (χ1v) is 3.98. The standard InChI is InChI=1S/C10H7N2O2/c11-9-4-3-6-1-2-7(10(13)14)5-8(6)12-9/h2-5H,(H2,11,12)(H,13,14). The van der Waals surface area contributed by atoms with Crippen LogP contribution in [0.5, 0.6) is 0 Å². The second kappa shape index (κ2) is 2.99. The quantitative estimate of drug-likeness (QED) is 0.705. The molecule has 0 aliphatic carbocycles. The first kappa shape index (κ1) is 8.50. The summed E-state index contributed by atoms with van der Waals surface area (Å²) in [6, 6.07) is 9.13. The highest BCUT2D eigenvalue weighted by atomic mass is 16.4. The van der Waals surface area contributed by atoms with Gasteiger partial charge in [0.25, 0.3) is 0 Å². The number of carboxylic acids is 1. The van der Waals surface area contributed by atoms with Crippen LogP contribution in [0.4, 0.5) is 5.82 Å². The summed E-state index contributed by atoms with van der Waals surface area (Å²) in [5, 5.41) is 9.49. The molecular formula is C10H7N2O2. The van der Waals surface area contributed by atoms with E-state index in [-0.39, 0.29) is 5.56 Å². The number of nitrogens with two attached hydrogens (primary N) is 1. The molecule has 0 saturated heterocycles. The van der Waals surface area contributed by atoms with Gasteiger partial charge in [-0.3, -0.25) is 0 Å². The summed E-state index contributed by atoms with van der Waals surface area (Å²) in [4.78, 5) is 14.7. The van der Waals surface area contributed by atoms with Gasteiger partial charge in [0.1, 0.15) is 5.82 Å². The van der Waals surface area contributed by atoms with Gasteiger partial charge in [-0.25, -0.2) is 9.78 Å². The summed E-state index contributed by atoms with van der Waals surface area (Å²) in [6.07, 6.45) is 0. The lowest BCUT2D eigenvalue weighted by Gasteiger charge is -1.99. The van der Waals surface area contributed by atoms with Crippen LogP contribution in [0.15, 0.2) is 24.3 Å². The molecule has 2 rings (SSSR count). The fourth-order valence-electron chi connectivity index (χ4n) is 1.19. The van der Waals surface area contributed by atoms with E-state index in [4.69, 9.17) is 10.8 Å². The van der Waals surface area contributed by atoms with Crippen molar-refractivity contribution in [1.82, 2.24) is 4.98 Å². The number of hydrogen-bond acceptors (Lipinski definition) is 3. The Labute approximate surface area is 80.0 Å². The summed E-state index contributed by atoms with van der Waals surface area (Å²) in [5.74, 6) is -0.624. The van der Waals surface area contributed by atoms with Crippen molar-refractivity contribution < 1.29 is 9.90 Å². The van der Waals surface area contributed by atoms with Crippen LogP contribution in [0.25, 0.3) is 10.9 Å². The minimum absolute atomic E-state index is 0.163. The van der Waals surface area contributed by atoms with Crippen molar-refractivity contribution in [3.63, 3.8) is 0 Å². The van der Waals surface area contributed by atoms with Gasteiger partial charge in [0, 0.05) is 5.39 Å². The van der Waals surface area contributed by atoms with Crippen molar-refractivity contribution in [1.29, 1.82) is 0 Å². The van der Waals surface area contributed by atoms with E-state index < -0.39 is 5.97 Å². The number of carboxylic acid groups (broad SMARTS) is 1. The van der Waals surface area contributed by atoms with E-state index in [1.54, 1.807) is 12.1 Å². The number of hydrogen-bond donors (Lipinski definition) is 2. The number of aromatic carboxylic acids is 1.